The van der Waals surface area contributed by atoms with E-state index in [1.165, 1.54) is 11.1 Å². The number of carbonyl (C=O) groups excluding carboxylic acids is 1. The van der Waals surface area contributed by atoms with Gasteiger partial charge in [-0.15, -0.1) is 0 Å². The molecule has 0 radical (unpaired) electrons. The molecule has 0 saturated heterocycles. The molecule has 1 N–H and O–H groups in total. The molecule has 1 fully saturated rings. The molecule has 1 aliphatic heterocycles. The molecule has 0 spiro atoms. The van der Waals surface area contributed by atoms with E-state index in [2.05, 4.69) is 22.4 Å². The molecule has 3 rings (SSSR count). The molecule has 7 heteroatoms. The standard InChI is InChI=1S/C21H26F3N3O/c22-21(23,24)12-20(28)26-19-5-2-15(3-6-19)7-9-27-10-8-17-11-16(13-25)1-4-18(17)14-27/h1,4,11,15,19H,2-3,5-10,12,14H2,(H,26,28). The van der Waals surface area contributed by atoms with Crippen molar-refractivity contribution in [1.29, 1.82) is 5.26 Å². The van der Waals surface area contributed by atoms with E-state index in [0.29, 0.717) is 11.5 Å². The molecule has 28 heavy (non-hydrogen) atoms. The summed E-state index contributed by atoms with van der Waals surface area (Å²) in [6.45, 7) is 2.91. The molecule has 0 aromatic heterocycles. The minimum Gasteiger partial charge on any atom is -0.353 e. The normalized spacial score (nSPS) is 22.9. The number of hydrogen-bond acceptors (Lipinski definition) is 3. The van der Waals surface area contributed by atoms with Crippen LogP contribution in [0, 0.1) is 17.2 Å². The largest absolute Gasteiger partial charge is 0.397 e. The molecule has 152 valence electrons. The summed E-state index contributed by atoms with van der Waals surface area (Å²) in [6, 6.07) is 7.97. The third-order valence-corrected chi connectivity index (χ3v) is 5.85. The summed E-state index contributed by atoms with van der Waals surface area (Å²) in [5, 5.41) is 11.5. The lowest BCUT2D eigenvalue weighted by molar-refractivity contribution is -0.154. The lowest BCUT2D eigenvalue weighted by atomic mass is 9.84. The number of halogens is 3. The zero-order valence-electron chi connectivity index (χ0n) is 15.9. The van der Waals surface area contributed by atoms with Crippen LogP contribution in [0.25, 0.3) is 0 Å². The Bertz CT molecular complexity index is 733. The van der Waals surface area contributed by atoms with Crippen molar-refractivity contribution in [2.45, 2.75) is 63.7 Å². The summed E-state index contributed by atoms with van der Waals surface area (Å²) in [7, 11) is 0. The number of nitriles is 1. The van der Waals surface area contributed by atoms with E-state index < -0.39 is 18.5 Å². The number of alkyl halides is 3. The van der Waals surface area contributed by atoms with E-state index in [4.69, 9.17) is 5.26 Å². The van der Waals surface area contributed by atoms with Crippen molar-refractivity contribution >= 4 is 5.91 Å². The number of rotatable bonds is 5. The SMILES string of the molecule is N#Cc1ccc2c(c1)CCN(CCC1CCC(NC(=O)CC(F)(F)F)CC1)C2. The van der Waals surface area contributed by atoms with Gasteiger partial charge in [-0.2, -0.15) is 18.4 Å². The summed E-state index contributed by atoms with van der Waals surface area (Å²) in [4.78, 5) is 13.9. The van der Waals surface area contributed by atoms with Crippen molar-refractivity contribution in [3.63, 3.8) is 0 Å². The van der Waals surface area contributed by atoms with Crippen molar-refractivity contribution in [3.8, 4) is 6.07 Å². The predicted octanol–water partition coefficient (Wildman–Crippen LogP) is 3.93. The Kier molecular flexibility index (Phi) is 6.61. The van der Waals surface area contributed by atoms with Crippen molar-refractivity contribution in [1.82, 2.24) is 10.2 Å². The second kappa shape index (κ2) is 8.95. The number of nitrogens with zero attached hydrogens (tertiary/aromatic N) is 2. The minimum atomic E-state index is -4.44. The Hall–Kier alpha value is -2.07. The molecule has 1 heterocycles. The van der Waals surface area contributed by atoms with Crippen LogP contribution >= 0.6 is 0 Å². The number of hydrogen-bond donors (Lipinski definition) is 1. The topological polar surface area (TPSA) is 56.1 Å². The van der Waals surface area contributed by atoms with Crippen molar-refractivity contribution in [2.75, 3.05) is 13.1 Å². The Labute approximate surface area is 163 Å². The van der Waals surface area contributed by atoms with E-state index in [9.17, 15) is 18.0 Å². The first-order valence-electron chi connectivity index (χ1n) is 9.93. The predicted molar refractivity (Wildman–Crippen MR) is 99.3 cm³/mol. The summed E-state index contributed by atoms with van der Waals surface area (Å²) < 4.78 is 36.8. The second-order valence-electron chi connectivity index (χ2n) is 7.99. The van der Waals surface area contributed by atoms with Gasteiger partial charge in [0.15, 0.2) is 0 Å². The number of fused-ring (bicyclic) bond motifs is 1. The Morgan fingerprint density at radius 1 is 1.21 bits per heavy atom. The van der Waals surface area contributed by atoms with Gasteiger partial charge in [-0.1, -0.05) is 6.07 Å². The van der Waals surface area contributed by atoms with Crippen LogP contribution in [0.1, 0.15) is 55.2 Å². The fourth-order valence-electron chi connectivity index (χ4n) is 4.29. The zero-order chi connectivity index (χ0) is 20.1. The maximum atomic E-state index is 12.3. The number of amides is 1. The minimum absolute atomic E-state index is 0.123. The summed E-state index contributed by atoms with van der Waals surface area (Å²) in [6.07, 6.45) is -0.372. The van der Waals surface area contributed by atoms with E-state index in [0.717, 1.165) is 58.2 Å². The van der Waals surface area contributed by atoms with E-state index in [1.807, 2.05) is 12.1 Å². The van der Waals surface area contributed by atoms with Gasteiger partial charge in [-0.3, -0.25) is 9.69 Å². The molecule has 1 aromatic rings. The van der Waals surface area contributed by atoms with Crippen LogP contribution in [0.5, 0.6) is 0 Å². The van der Waals surface area contributed by atoms with Crippen LogP contribution in [-0.4, -0.2) is 36.1 Å². The molecule has 1 saturated carbocycles. The number of carbonyl (C=O) groups is 1. The first-order chi connectivity index (χ1) is 13.3. The highest BCUT2D eigenvalue weighted by atomic mass is 19.4. The van der Waals surface area contributed by atoms with Gasteiger partial charge >= 0.3 is 6.18 Å². The first-order valence-corrected chi connectivity index (χ1v) is 9.93. The van der Waals surface area contributed by atoms with Crippen LogP contribution in [0.15, 0.2) is 18.2 Å². The van der Waals surface area contributed by atoms with Gasteiger partial charge in [0.25, 0.3) is 0 Å². The van der Waals surface area contributed by atoms with Gasteiger partial charge in [0, 0.05) is 19.1 Å². The molecule has 1 aliphatic carbocycles. The third-order valence-electron chi connectivity index (χ3n) is 5.85. The molecule has 1 aromatic carbocycles. The molecular formula is C21H26F3N3O. The Morgan fingerprint density at radius 3 is 2.64 bits per heavy atom. The van der Waals surface area contributed by atoms with E-state index in [1.54, 1.807) is 0 Å². The van der Waals surface area contributed by atoms with Gasteiger partial charge in [-0.05, 0) is 74.2 Å². The number of nitrogens with one attached hydrogen (secondary N) is 1. The summed E-state index contributed by atoms with van der Waals surface area (Å²) in [5.41, 5.74) is 3.28. The van der Waals surface area contributed by atoms with Crippen LogP contribution in [0.3, 0.4) is 0 Å². The fourth-order valence-corrected chi connectivity index (χ4v) is 4.29. The van der Waals surface area contributed by atoms with E-state index >= 15 is 0 Å². The third kappa shape index (κ3) is 5.96. The zero-order valence-corrected chi connectivity index (χ0v) is 15.9. The quantitative estimate of drug-likeness (QED) is 0.825. The maximum absolute atomic E-state index is 12.3. The highest BCUT2D eigenvalue weighted by Gasteiger charge is 2.32. The lowest BCUT2D eigenvalue weighted by Gasteiger charge is -2.33. The van der Waals surface area contributed by atoms with Crippen molar-refractivity contribution in [3.05, 3.63) is 34.9 Å². The molecule has 0 atom stereocenters. The number of benzene rings is 1. The molecule has 4 nitrogen and oxygen atoms in total. The van der Waals surface area contributed by atoms with E-state index in [-0.39, 0.29) is 6.04 Å². The fraction of sp³-hybridized carbons (Fsp3) is 0.619. The molecule has 0 unspecified atom stereocenters. The molecular weight excluding hydrogens is 367 g/mol. The second-order valence-corrected chi connectivity index (χ2v) is 7.99. The summed E-state index contributed by atoms with van der Waals surface area (Å²) >= 11 is 0. The van der Waals surface area contributed by atoms with Crippen LogP contribution in [0.2, 0.25) is 0 Å². The molecule has 1 amide bonds. The van der Waals surface area contributed by atoms with Crippen molar-refractivity contribution in [2.24, 2.45) is 5.92 Å². The molecule has 2 aliphatic rings. The maximum Gasteiger partial charge on any atom is 0.397 e. The van der Waals surface area contributed by atoms with Gasteiger partial charge in [0.2, 0.25) is 5.91 Å². The van der Waals surface area contributed by atoms with Gasteiger partial charge < -0.3 is 5.32 Å². The molecule has 0 bridgehead atoms. The van der Waals surface area contributed by atoms with Crippen LogP contribution in [0.4, 0.5) is 13.2 Å². The van der Waals surface area contributed by atoms with Gasteiger partial charge in [0.05, 0.1) is 11.6 Å². The first kappa shape index (κ1) is 20.7. The monoisotopic (exact) mass is 393 g/mol. The lowest BCUT2D eigenvalue weighted by Crippen LogP contribution is -2.40. The van der Waals surface area contributed by atoms with Gasteiger partial charge in [-0.25, -0.2) is 0 Å². The highest BCUT2D eigenvalue weighted by molar-refractivity contribution is 5.76. The average molecular weight is 393 g/mol. The van der Waals surface area contributed by atoms with Crippen LogP contribution < -0.4 is 5.32 Å². The highest BCUT2D eigenvalue weighted by Crippen LogP contribution is 2.29. The Morgan fingerprint density at radius 2 is 1.96 bits per heavy atom. The summed E-state index contributed by atoms with van der Waals surface area (Å²) in [5.74, 6) is -0.347. The Balaban J connectivity index is 1.38. The van der Waals surface area contributed by atoms with Crippen LogP contribution in [-0.2, 0) is 17.8 Å². The van der Waals surface area contributed by atoms with Crippen molar-refractivity contribution < 1.29 is 18.0 Å². The smallest absolute Gasteiger partial charge is 0.353 e. The van der Waals surface area contributed by atoms with Gasteiger partial charge in [0.1, 0.15) is 6.42 Å². The average Bonchev–Trinajstić information content (AvgIpc) is 2.65.